The van der Waals surface area contributed by atoms with Crippen molar-refractivity contribution in [2.75, 3.05) is 0 Å². The molecule has 28 heavy (non-hydrogen) atoms. The minimum atomic E-state index is -4.46. The average molecular weight is 411 g/mol. The van der Waals surface area contributed by atoms with E-state index in [1.54, 1.807) is 30.5 Å². The SMILES string of the molecule is CCn1c(C(C)NS(=O)(=O)c2ccc(C)cc2)nc2ccc(C(F)(F)F)cc21. The molecule has 0 amide bonds. The number of nitrogens with one attached hydrogen (secondary N) is 1. The molecule has 0 aliphatic rings. The van der Waals surface area contributed by atoms with Crippen molar-refractivity contribution in [3.05, 3.63) is 59.4 Å². The van der Waals surface area contributed by atoms with E-state index in [2.05, 4.69) is 9.71 Å². The summed E-state index contributed by atoms with van der Waals surface area (Å²) in [5, 5.41) is 0. The largest absolute Gasteiger partial charge is 0.416 e. The van der Waals surface area contributed by atoms with Gasteiger partial charge in [-0.2, -0.15) is 13.2 Å². The highest BCUT2D eigenvalue weighted by molar-refractivity contribution is 7.89. The normalized spacial score (nSPS) is 13.8. The molecule has 0 radical (unpaired) electrons. The maximum Gasteiger partial charge on any atom is 0.416 e. The molecule has 0 bridgehead atoms. The number of alkyl halides is 3. The fourth-order valence-corrected chi connectivity index (χ4v) is 4.25. The standard InChI is InChI=1S/C19H20F3N3O2S/c1-4-25-17-11-14(19(20,21)22)7-10-16(17)23-18(25)13(3)24-28(26,27)15-8-5-12(2)6-9-15/h5-11,13,24H,4H2,1-3H3. The smallest absolute Gasteiger partial charge is 0.327 e. The molecule has 1 unspecified atom stereocenters. The van der Waals surface area contributed by atoms with Crippen LogP contribution in [0.2, 0.25) is 0 Å². The highest BCUT2D eigenvalue weighted by atomic mass is 32.2. The first-order valence-corrected chi connectivity index (χ1v) is 10.2. The quantitative estimate of drug-likeness (QED) is 0.676. The Kier molecular flexibility index (Phi) is 5.24. The van der Waals surface area contributed by atoms with Gasteiger partial charge in [-0.05, 0) is 51.1 Å². The molecule has 0 saturated carbocycles. The van der Waals surface area contributed by atoms with Gasteiger partial charge in [0.05, 0.1) is 27.5 Å². The number of halogens is 3. The van der Waals surface area contributed by atoms with E-state index in [1.165, 1.54) is 18.2 Å². The van der Waals surface area contributed by atoms with Gasteiger partial charge >= 0.3 is 6.18 Å². The molecule has 150 valence electrons. The lowest BCUT2D eigenvalue weighted by molar-refractivity contribution is -0.137. The van der Waals surface area contributed by atoms with Crippen molar-refractivity contribution in [2.45, 2.75) is 44.4 Å². The summed E-state index contributed by atoms with van der Waals surface area (Å²) in [4.78, 5) is 4.48. The Hall–Kier alpha value is -2.39. The van der Waals surface area contributed by atoms with Gasteiger partial charge in [-0.25, -0.2) is 18.1 Å². The first kappa shape index (κ1) is 20.3. The van der Waals surface area contributed by atoms with E-state index in [-0.39, 0.29) is 4.90 Å². The van der Waals surface area contributed by atoms with Gasteiger partial charge < -0.3 is 4.57 Å². The highest BCUT2D eigenvalue weighted by Crippen LogP contribution is 2.32. The molecule has 2 aromatic carbocycles. The van der Waals surface area contributed by atoms with E-state index in [4.69, 9.17) is 0 Å². The fraction of sp³-hybridized carbons (Fsp3) is 0.316. The summed E-state index contributed by atoms with van der Waals surface area (Å²) in [5.41, 5.74) is 0.856. The molecule has 1 atom stereocenters. The van der Waals surface area contributed by atoms with Gasteiger partial charge in [-0.3, -0.25) is 0 Å². The van der Waals surface area contributed by atoms with Crippen LogP contribution in [0.25, 0.3) is 11.0 Å². The maximum absolute atomic E-state index is 13.0. The molecular weight excluding hydrogens is 391 g/mol. The monoisotopic (exact) mass is 411 g/mol. The van der Waals surface area contributed by atoms with Crippen LogP contribution in [0.3, 0.4) is 0 Å². The predicted molar refractivity (Wildman–Crippen MR) is 100 cm³/mol. The second-order valence-corrected chi connectivity index (χ2v) is 8.29. The minimum absolute atomic E-state index is 0.114. The van der Waals surface area contributed by atoms with Crippen LogP contribution in [0.4, 0.5) is 13.2 Å². The lowest BCUT2D eigenvalue weighted by atomic mass is 10.2. The van der Waals surface area contributed by atoms with E-state index in [1.807, 2.05) is 6.92 Å². The van der Waals surface area contributed by atoms with E-state index in [9.17, 15) is 21.6 Å². The first-order chi connectivity index (χ1) is 13.0. The predicted octanol–water partition coefficient (Wildman–Crippen LogP) is 4.42. The molecule has 0 aliphatic carbocycles. The number of hydrogen-bond donors (Lipinski definition) is 1. The summed E-state index contributed by atoms with van der Waals surface area (Å²) >= 11 is 0. The van der Waals surface area contributed by atoms with Crippen LogP contribution in [0.15, 0.2) is 47.4 Å². The summed E-state index contributed by atoms with van der Waals surface area (Å²) in [6, 6.07) is 8.98. The maximum atomic E-state index is 13.0. The zero-order valence-electron chi connectivity index (χ0n) is 15.6. The Labute approximate surface area is 161 Å². The van der Waals surface area contributed by atoms with Crippen LogP contribution >= 0.6 is 0 Å². The van der Waals surface area contributed by atoms with Crippen molar-refractivity contribution in [1.29, 1.82) is 0 Å². The van der Waals surface area contributed by atoms with Gasteiger partial charge in [0.1, 0.15) is 5.82 Å². The number of aromatic nitrogens is 2. The molecule has 9 heteroatoms. The topological polar surface area (TPSA) is 64.0 Å². The Morgan fingerprint density at radius 1 is 1.14 bits per heavy atom. The molecule has 0 fully saturated rings. The van der Waals surface area contributed by atoms with E-state index in [0.29, 0.717) is 23.4 Å². The number of sulfonamides is 1. The average Bonchev–Trinajstić information content (AvgIpc) is 2.99. The molecule has 5 nitrogen and oxygen atoms in total. The van der Waals surface area contributed by atoms with Gasteiger partial charge in [-0.1, -0.05) is 17.7 Å². The third kappa shape index (κ3) is 3.90. The van der Waals surface area contributed by atoms with Gasteiger partial charge in [0.2, 0.25) is 10.0 Å². The summed E-state index contributed by atoms with van der Waals surface area (Å²) in [7, 11) is -3.80. The van der Waals surface area contributed by atoms with Crippen molar-refractivity contribution in [2.24, 2.45) is 0 Å². The van der Waals surface area contributed by atoms with Crippen molar-refractivity contribution < 1.29 is 21.6 Å². The van der Waals surface area contributed by atoms with Crippen molar-refractivity contribution in [3.8, 4) is 0 Å². The van der Waals surface area contributed by atoms with Crippen LogP contribution < -0.4 is 4.72 Å². The van der Waals surface area contributed by atoms with E-state index < -0.39 is 27.8 Å². The molecular formula is C19H20F3N3O2S. The summed E-state index contributed by atoms with van der Waals surface area (Å²) in [6.07, 6.45) is -4.46. The molecule has 3 aromatic rings. The van der Waals surface area contributed by atoms with Crippen LogP contribution in [0, 0.1) is 6.92 Å². The van der Waals surface area contributed by atoms with Gasteiger partial charge in [-0.15, -0.1) is 0 Å². The fourth-order valence-electron chi connectivity index (χ4n) is 3.05. The molecule has 1 heterocycles. The lowest BCUT2D eigenvalue weighted by Gasteiger charge is -2.16. The Balaban J connectivity index is 1.99. The van der Waals surface area contributed by atoms with Crippen LogP contribution in [0.1, 0.15) is 36.8 Å². The number of aryl methyl sites for hydroxylation is 2. The zero-order chi connectivity index (χ0) is 20.7. The number of rotatable bonds is 5. The van der Waals surface area contributed by atoms with E-state index in [0.717, 1.165) is 17.7 Å². The summed E-state index contributed by atoms with van der Waals surface area (Å²) in [6.45, 7) is 5.59. The zero-order valence-corrected chi connectivity index (χ0v) is 16.4. The number of imidazole rings is 1. The van der Waals surface area contributed by atoms with Gasteiger partial charge in [0, 0.05) is 6.54 Å². The highest BCUT2D eigenvalue weighted by Gasteiger charge is 2.31. The number of nitrogens with zero attached hydrogens (tertiary/aromatic N) is 2. The second kappa shape index (κ2) is 7.21. The Morgan fingerprint density at radius 2 is 1.79 bits per heavy atom. The van der Waals surface area contributed by atoms with Crippen molar-refractivity contribution in [3.63, 3.8) is 0 Å². The third-order valence-corrected chi connectivity index (χ3v) is 6.03. The van der Waals surface area contributed by atoms with Crippen molar-refractivity contribution >= 4 is 21.1 Å². The lowest BCUT2D eigenvalue weighted by Crippen LogP contribution is -2.28. The minimum Gasteiger partial charge on any atom is -0.327 e. The molecule has 0 aliphatic heterocycles. The number of fused-ring (bicyclic) bond motifs is 1. The summed E-state index contributed by atoms with van der Waals surface area (Å²) in [5.74, 6) is 0.354. The van der Waals surface area contributed by atoms with Crippen LogP contribution in [0.5, 0.6) is 0 Å². The third-order valence-electron chi connectivity index (χ3n) is 4.47. The van der Waals surface area contributed by atoms with Crippen LogP contribution in [-0.4, -0.2) is 18.0 Å². The number of hydrogen-bond acceptors (Lipinski definition) is 3. The van der Waals surface area contributed by atoms with Crippen molar-refractivity contribution in [1.82, 2.24) is 14.3 Å². The summed E-state index contributed by atoms with van der Waals surface area (Å²) < 4.78 is 68.5. The molecule has 0 saturated heterocycles. The second-order valence-electron chi connectivity index (χ2n) is 6.57. The first-order valence-electron chi connectivity index (χ1n) is 8.69. The van der Waals surface area contributed by atoms with Gasteiger partial charge in [0.25, 0.3) is 0 Å². The molecule has 1 N–H and O–H groups in total. The molecule has 1 aromatic heterocycles. The Morgan fingerprint density at radius 3 is 2.36 bits per heavy atom. The molecule has 0 spiro atoms. The Bertz CT molecular complexity index is 1100. The van der Waals surface area contributed by atoms with Crippen LogP contribution in [-0.2, 0) is 22.7 Å². The van der Waals surface area contributed by atoms with E-state index >= 15 is 0 Å². The van der Waals surface area contributed by atoms with Gasteiger partial charge in [0.15, 0.2) is 0 Å². The number of benzene rings is 2. The molecule has 3 rings (SSSR count).